The van der Waals surface area contributed by atoms with Crippen molar-refractivity contribution in [1.29, 1.82) is 0 Å². The Hall–Kier alpha value is -0.650. The number of hydrogen-bond donors (Lipinski definition) is 0. The van der Waals surface area contributed by atoms with Gasteiger partial charge in [-0.15, -0.1) is 0 Å². The van der Waals surface area contributed by atoms with Crippen molar-refractivity contribution < 1.29 is 19.1 Å². The van der Waals surface area contributed by atoms with E-state index in [9.17, 15) is 9.59 Å². The molecule has 0 radical (unpaired) electrons. The lowest BCUT2D eigenvalue weighted by Crippen LogP contribution is -2.40. The molecule has 0 N–H and O–H groups in total. The molecule has 0 bridgehead atoms. The van der Waals surface area contributed by atoms with Gasteiger partial charge in [-0.1, -0.05) is 40.9 Å². The van der Waals surface area contributed by atoms with Gasteiger partial charge in [0.15, 0.2) is 0 Å². The van der Waals surface area contributed by atoms with Crippen LogP contribution in [-0.2, 0) is 14.3 Å². The topological polar surface area (TPSA) is 55.8 Å². The number of amides is 1. The SMILES string of the molecule is CC(=O)O[C@H]1C=CCC[C@@H](N(C)C(=O)OCC(Cl)(Cl)Cl)C1. The quantitative estimate of drug-likeness (QED) is 0.440. The molecule has 21 heavy (non-hydrogen) atoms. The molecule has 1 rings (SSSR count). The first-order valence-electron chi connectivity index (χ1n) is 6.49. The Kier molecular flexibility index (Phi) is 7.10. The number of allylic oxidation sites excluding steroid dienone is 1. The number of nitrogens with zero attached hydrogens (tertiary/aromatic N) is 1. The van der Waals surface area contributed by atoms with Gasteiger partial charge in [-0.25, -0.2) is 4.79 Å². The van der Waals surface area contributed by atoms with Crippen molar-refractivity contribution in [3.8, 4) is 0 Å². The Morgan fingerprint density at radius 1 is 1.38 bits per heavy atom. The van der Waals surface area contributed by atoms with Crippen molar-refractivity contribution in [1.82, 2.24) is 4.90 Å². The molecule has 1 amide bonds. The van der Waals surface area contributed by atoms with E-state index in [2.05, 4.69) is 0 Å². The fraction of sp³-hybridized carbons (Fsp3) is 0.692. The fourth-order valence-electron chi connectivity index (χ4n) is 2.05. The van der Waals surface area contributed by atoms with Gasteiger partial charge < -0.3 is 14.4 Å². The highest BCUT2D eigenvalue weighted by Crippen LogP contribution is 2.26. The van der Waals surface area contributed by atoms with Crippen LogP contribution in [0.5, 0.6) is 0 Å². The second kappa shape index (κ2) is 8.11. The van der Waals surface area contributed by atoms with E-state index in [-0.39, 0.29) is 24.7 Å². The van der Waals surface area contributed by atoms with Crippen LogP contribution in [0.3, 0.4) is 0 Å². The van der Waals surface area contributed by atoms with Gasteiger partial charge in [0.2, 0.25) is 3.79 Å². The first-order valence-corrected chi connectivity index (χ1v) is 7.62. The number of halogens is 3. The van der Waals surface area contributed by atoms with E-state index >= 15 is 0 Å². The minimum absolute atomic E-state index is 0.118. The maximum Gasteiger partial charge on any atom is 0.409 e. The summed E-state index contributed by atoms with van der Waals surface area (Å²) in [7, 11) is 1.61. The second-order valence-corrected chi connectivity index (χ2v) is 7.34. The second-order valence-electron chi connectivity index (χ2n) is 4.82. The van der Waals surface area contributed by atoms with E-state index in [1.54, 1.807) is 7.05 Å². The van der Waals surface area contributed by atoms with Crippen molar-refractivity contribution >= 4 is 46.9 Å². The predicted molar refractivity (Wildman–Crippen MR) is 81.7 cm³/mol. The molecule has 1 aliphatic rings. The molecule has 0 saturated carbocycles. The molecule has 120 valence electrons. The van der Waals surface area contributed by atoms with Gasteiger partial charge in [0, 0.05) is 26.4 Å². The normalized spacial score (nSPS) is 22.3. The van der Waals surface area contributed by atoms with Crippen LogP contribution in [-0.4, -0.2) is 46.6 Å². The van der Waals surface area contributed by atoms with Crippen molar-refractivity contribution in [2.24, 2.45) is 0 Å². The third-order valence-corrected chi connectivity index (χ3v) is 3.36. The van der Waals surface area contributed by atoms with Crippen LogP contribution in [0.15, 0.2) is 12.2 Å². The van der Waals surface area contributed by atoms with Crippen LogP contribution in [0.25, 0.3) is 0 Å². The number of carbonyl (C=O) groups excluding carboxylic acids is 2. The van der Waals surface area contributed by atoms with Crippen LogP contribution >= 0.6 is 34.8 Å². The molecule has 0 aromatic heterocycles. The van der Waals surface area contributed by atoms with Crippen molar-refractivity contribution in [2.75, 3.05) is 13.7 Å². The van der Waals surface area contributed by atoms with Gasteiger partial charge in [0.05, 0.1) is 0 Å². The fourth-order valence-corrected chi connectivity index (χ4v) is 2.21. The number of carbonyl (C=O) groups is 2. The number of ether oxygens (including phenoxy) is 2. The first kappa shape index (κ1) is 18.4. The summed E-state index contributed by atoms with van der Waals surface area (Å²) in [5, 5.41) is 0. The minimum atomic E-state index is -1.64. The van der Waals surface area contributed by atoms with E-state index in [0.29, 0.717) is 6.42 Å². The molecule has 0 spiro atoms. The summed E-state index contributed by atoms with van der Waals surface area (Å²) in [5.74, 6) is -0.355. The van der Waals surface area contributed by atoms with E-state index in [0.717, 1.165) is 12.8 Å². The number of alkyl halides is 3. The Morgan fingerprint density at radius 2 is 2.05 bits per heavy atom. The zero-order chi connectivity index (χ0) is 16.0. The Bertz CT molecular complexity index is 409. The highest BCUT2D eigenvalue weighted by atomic mass is 35.6. The Labute approximate surface area is 139 Å². The van der Waals surface area contributed by atoms with E-state index in [1.807, 2.05) is 12.2 Å². The molecule has 0 aromatic carbocycles. The number of esters is 1. The van der Waals surface area contributed by atoms with Crippen LogP contribution < -0.4 is 0 Å². The summed E-state index contributed by atoms with van der Waals surface area (Å²) in [5.41, 5.74) is 0. The molecular weight excluding hydrogens is 341 g/mol. The average Bonchev–Trinajstić information content (AvgIpc) is 2.59. The average molecular weight is 359 g/mol. The predicted octanol–water partition coefficient (Wildman–Crippen LogP) is 3.47. The summed E-state index contributed by atoms with van der Waals surface area (Å²) < 4.78 is 8.48. The van der Waals surface area contributed by atoms with E-state index < -0.39 is 9.89 Å². The molecule has 2 atom stereocenters. The van der Waals surface area contributed by atoms with Gasteiger partial charge >= 0.3 is 12.1 Å². The minimum Gasteiger partial charge on any atom is -0.458 e. The summed E-state index contributed by atoms with van der Waals surface area (Å²) in [4.78, 5) is 24.4. The van der Waals surface area contributed by atoms with E-state index in [1.165, 1.54) is 11.8 Å². The lowest BCUT2D eigenvalue weighted by atomic mass is 10.1. The lowest BCUT2D eigenvalue weighted by molar-refractivity contribution is -0.144. The maximum absolute atomic E-state index is 11.9. The summed E-state index contributed by atoms with van der Waals surface area (Å²) in [6.07, 6.45) is 4.89. The third-order valence-electron chi connectivity index (χ3n) is 3.03. The van der Waals surface area contributed by atoms with Crippen LogP contribution in [0.4, 0.5) is 4.79 Å². The van der Waals surface area contributed by atoms with Crippen LogP contribution in [0.2, 0.25) is 0 Å². The van der Waals surface area contributed by atoms with Crippen molar-refractivity contribution in [2.45, 2.75) is 42.1 Å². The molecule has 0 heterocycles. The first-order chi connectivity index (χ1) is 9.69. The zero-order valence-electron chi connectivity index (χ0n) is 11.9. The summed E-state index contributed by atoms with van der Waals surface area (Å²) >= 11 is 16.6. The van der Waals surface area contributed by atoms with Crippen LogP contribution in [0, 0.1) is 0 Å². The molecule has 0 aromatic rings. The Balaban J connectivity index is 2.57. The largest absolute Gasteiger partial charge is 0.458 e. The van der Waals surface area contributed by atoms with Crippen molar-refractivity contribution in [3.05, 3.63) is 12.2 Å². The summed E-state index contributed by atoms with van der Waals surface area (Å²) in [6.45, 7) is 1.03. The van der Waals surface area contributed by atoms with Gasteiger partial charge in [-0.3, -0.25) is 4.79 Å². The van der Waals surface area contributed by atoms with Gasteiger partial charge in [0.1, 0.15) is 12.7 Å². The maximum atomic E-state index is 11.9. The molecule has 1 aliphatic carbocycles. The standard InChI is InChI=1S/C13H18Cl3NO4/c1-9(18)21-11-6-4-3-5-10(7-11)17(2)12(19)20-8-13(14,15)16/h4,6,10-11H,3,5,7-8H2,1-2H3/t10-,11+/m1/s1. The number of rotatable bonds is 3. The third kappa shape index (κ3) is 7.25. The monoisotopic (exact) mass is 357 g/mol. The summed E-state index contributed by atoms with van der Waals surface area (Å²) in [6, 6.07) is -0.118. The van der Waals surface area contributed by atoms with E-state index in [4.69, 9.17) is 44.3 Å². The molecule has 0 fully saturated rings. The smallest absolute Gasteiger partial charge is 0.409 e. The molecule has 0 unspecified atom stereocenters. The van der Waals surface area contributed by atoms with Crippen LogP contribution in [0.1, 0.15) is 26.2 Å². The molecule has 0 saturated heterocycles. The molecule has 0 aliphatic heterocycles. The zero-order valence-corrected chi connectivity index (χ0v) is 14.1. The molecular formula is C13H18Cl3NO4. The number of hydrogen-bond acceptors (Lipinski definition) is 4. The lowest BCUT2D eigenvalue weighted by Gasteiger charge is -2.28. The highest BCUT2D eigenvalue weighted by Gasteiger charge is 2.28. The van der Waals surface area contributed by atoms with Crippen molar-refractivity contribution in [3.63, 3.8) is 0 Å². The van der Waals surface area contributed by atoms with Gasteiger partial charge in [-0.05, 0) is 18.9 Å². The molecule has 5 nitrogen and oxygen atoms in total. The van der Waals surface area contributed by atoms with Gasteiger partial charge in [0.25, 0.3) is 0 Å². The Morgan fingerprint density at radius 3 is 2.62 bits per heavy atom. The molecule has 8 heteroatoms. The highest BCUT2D eigenvalue weighted by molar-refractivity contribution is 6.67. The van der Waals surface area contributed by atoms with Gasteiger partial charge in [-0.2, -0.15) is 0 Å².